The van der Waals surface area contributed by atoms with E-state index in [4.69, 9.17) is 9.90 Å². The van der Waals surface area contributed by atoms with Crippen LogP contribution in [0.15, 0.2) is 122 Å². The third-order valence-electron chi connectivity index (χ3n) is 5.23. The summed E-state index contributed by atoms with van der Waals surface area (Å²) in [6.45, 7) is 4.97. The number of hydrogen-bond donors (Lipinski definition) is 1. The molecule has 32 heavy (non-hydrogen) atoms. The SMILES string of the molecule is C=Cc1ccc(C[P+](c2ccccc2)(c2ccccc2)c2ccccc2)cc1.CC(=O)O. The van der Waals surface area contributed by atoms with Gasteiger partial charge in [-0.1, -0.05) is 91.5 Å². The van der Waals surface area contributed by atoms with Gasteiger partial charge in [0.1, 0.15) is 23.2 Å². The first-order valence-electron chi connectivity index (χ1n) is 10.5. The molecule has 0 atom stereocenters. The van der Waals surface area contributed by atoms with Gasteiger partial charge in [-0.3, -0.25) is 4.79 Å². The van der Waals surface area contributed by atoms with E-state index in [0.717, 1.165) is 18.6 Å². The molecule has 1 N–H and O–H groups in total. The zero-order valence-corrected chi connectivity index (χ0v) is 19.2. The first-order chi connectivity index (χ1) is 15.6. The van der Waals surface area contributed by atoms with E-state index in [1.54, 1.807) is 0 Å². The molecule has 0 unspecified atom stereocenters. The lowest BCUT2D eigenvalue weighted by atomic mass is 10.1. The monoisotopic (exact) mass is 439 g/mol. The van der Waals surface area contributed by atoms with E-state index in [-0.39, 0.29) is 0 Å². The van der Waals surface area contributed by atoms with Crippen LogP contribution in [0.5, 0.6) is 0 Å². The summed E-state index contributed by atoms with van der Waals surface area (Å²) in [4.78, 5) is 9.00. The largest absolute Gasteiger partial charge is 0.481 e. The predicted molar refractivity (Wildman–Crippen MR) is 139 cm³/mol. The smallest absolute Gasteiger partial charge is 0.300 e. The second-order valence-electron chi connectivity index (χ2n) is 7.44. The number of carbonyl (C=O) groups is 1. The lowest BCUT2D eigenvalue weighted by Crippen LogP contribution is -2.32. The Kier molecular flexibility index (Phi) is 8.14. The summed E-state index contributed by atoms with van der Waals surface area (Å²) in [7, 11) is -1.82. The topological polar surface area (TPSA) is 37.3 Å². The summed E-state index contributed by atoms with van der Waals surface area (Å²) in [5, 5.41) is 11.7. The lowest BCUT2D eigenvalue weighted by molar-refractivity contribution is -0.134. The Morgan fingerprint density at radius 2 is 1.06 bits per heavy atom. The molecule has 0 spiro atoms. The van der Waals surface area contributed by atoms with Gasteiger partial charge in [-0.05, 0) is 47.5 Å². The van der Waals surface area contributed by atoms with Crippen LogP contribution in [0, 0.1) is 0 Å². The fourth-order valence-corrected chi connectivity index (χ4v) is 8.05. The molecule has 160 valence electrons. The maximum absolute atomic E-state index is 9.00. The van der Waals surface area contributed by atoms with E-state index < -0.39 is 13.2 Å². The van der Waals surface area contributed by atoms with Gasteiger partial charge < -0.3 is 5.11 Å². The molecule has 0 aliphatic rings. The van der Waals surface area contributed by atoms with Crippen LogP contribution in [-0.4, -0.2) is 11.1 Å². The molecule has 0 fully saturated rings. The second kappa shape index (κ2) is 11.2. The highest BCUT2D eigenvalue weighted by Crippen LogP contribution is 2.58. The molecular formula is C29H28O2P+. The normalized spacial score (nSPS) is 10.5. The number of carboxylic acid groups (broad SMARTS) is 1. The molecule has 4 aromatic carbocycles. The average molecular weight is 440 g/mol. The van der Waals surface area contributed by atoms with Crippen molar-refractivity contribution in [2.24, 2.45) is 0 Å². The predicted octanol–water partition coefficient (Wildman–Crippen LogP) is 5.91. The highest BCUT2D eigenvalue weighted by molar-refractivity contribution is 7.95. The molecule has 0 aromatic heterocycles. The molecule has 4 rings (SSSR count). The zero-order valence-electron chi connectivity index (χ0n) is 18.3. The molecule has 2 nitrogen and oxygen atoms in total. The summed E-state index contributed by atoms with van der Waals surface area (Å²) in [5.74, 6) is -0.833. The molecule has 0 bridgehead atoms. The number of aliphatic carboxylic acids is 1. The molecule has 0 amide bonds. The van der Waals surface area contributed by atoms with Crippen LogP contribution in [0.1, 0.15) is 18.1 Å². The molecule has 0 aliphatic heterocycles. The van der Waals surface area contributed by atoms with Crippen LogP contribution in [0.3, 0.4) is 0 Å². The zero-order chi connectivity index (χ0) is 22.8. The van der Waals surface area contributed by atoms with Crippen molar-refractivity contribution in [1.29, 1.82) is 0 Å². The van der Waals surface area contributed by atoms with Gasteiger partial charge in [0, 0.05) is 6.92 Å². The fraction of sp³-hybridized carbons (Fsp3) is 0.0690. The van der Waals surface area contributed by atoms with E-state index >= 15 is 0 Å². The Balaban J connectivity index is 0.000000668. The maximum Gasteiger partial charge on any atom is 0.300 e. The number of benzene rings is 4. The summed E-state index contributed by atoms with van der Waals surface area (Å²) in [6.07, 6.45) is 2.90. The number of carboxylic acids is 1. The van der Waals surface area contributed by atoms with Gasteiger partial charge in [-0.25, -0.2) is 0 Å². The van der Waals surface area contributed by atoms with E-state index in [1.807, 2.05) is 6.08 Å². The quantitative estimate of drug-likeness (QED) is 0.379. The van der Waals surface area contributed by atoms with Crippen LogP contribution in [0.2, 0.25) is 0 Å². The summed E-state index contributed by atoms with van der Waals surface area (Å²) in [6, 6.07) is 41.9. The first kappa shape index (κ1) is 23.2. The van der Waals surface area contributed by atoms with Crippen LogP contribution in [-0.2, 0) is 11.0 Å². The molecular weight excluding hydrogens is 411 g/mol. The average Bonchev–Trinajstić information content (AvgIpc) is 2.84. The van der Waals surface area contributed by atoms with Gasteiger partial charge in [0.25, 0.3) is 5.97 Å². The molecule has 0 saturated carbocycles. The van der Waals surface area contributed by atoms with Gasteiger partial charge in [0.05, 0.1) is 6.16 Å². The first-order valence-corrected chi connectivity index (χ1v) is 12.5. The Morgan fingerprint density at radius 3 is 1.38 bits per heavy atom. The van der Waals surface area contributed by atoms with Crippen LogP contribution in [0.25, 0.3) is 6.08 Å². The van der Waals surface area contributed by atoms with E-state index in [2.05, 4.69) is 122 Å². The van der Waals surface area contributed by atoms with E-state index in [9.17, 15) is 0 Å². The molecule has 3 heteroatoms. The van der Waals surface area contributed by atoms with E-state index in [0.29, 0.717) is 0 Å². The van der Waals surface area contributed by atoms with Gasteiger partial charge in [0.2, 0.25) is 0 Å². The van der Waals surface area contributed by atoms with Crippen molar-refractivity contribution in [3.05, 3.63) is 133 Å². The van der Waals surface area contributed by atoms with Crippen LogP contribution >= 0.6 is 7.26 Å². The molecule has 0 aliphatic carbocycles. The minimum Gasteiger partial charge on any atom is -0.481 e. The number of hydrogen-bond acceptors (Lipinski definition) is 1. The Labute approximate surface area is 191 Å². The van der Waals surface area contributed by atoms with Crippen molar-refractivity contribution in [3.8, 4) is 0 Å². The molecule has 4 aromatic rings. The third kappa shape index (κ3) is 5.60. The van der Waals surface area contributed by atoms with Crippen molar-refractivity contribution in [3.63, 3.8) is 0 Å². The Morgan fingerprint density at radius 1 is 0.719 bits per heavy atom. The third-order valence-corrected chi connectivity index (χ3v) is 9.60. The fourth-order valence-electron chi connectivity index (χ4n) is 3.80. The van der Waals surface area contributed by atoms with Crippen LogP contribution < -0.4 is 15.9 Å². The molecule has 0 radical (unpaired) electrons. The van der Waals surface area contributed by atoms with E-state index in [1.165, 1.54) is 21.5 Å². The highest BCUT2D eigenvalue weighted by atomic mass is 31.2. The van der Waals surface area contributed by atoms with Gasteiger partial charge in [-0.2, -0.15) is 0 Å². The Hall–Kier alpha value is -3.48. The summed E-state index contributed by atoms with van der Waals surface area (Å²) >= 11 is 0. The van der Waals surface area contributed by atoms with Crippen molar-refractivity contribution >= 4 is 35.2 Å². The summed E-state index contributed by atoms with van der Waals surface area (Å²) < 4.78 is 0. The second-order valence-corrected chi connectivity index (χ2v) is 10.9. The van der Waals surface area contributed by atoms with Crippen LogP contribution in [0.4, 0.5) is 0 Å². The van der Waals surface area contributed by atoms with Crippen molar-refractivity contribution in [2.75, 3.05) is 0 Å². The van der Waals surface area contributed by atoms with Crippen molar-refractivity contribution in [2.45, 2.75) is 13.1 Å². The van der Waals surface area contributed by atoms with Crippen molar-refractivity contribution < 1.29 is 9.90 Å². The van der Waals surface area contributed by atoms with Gasteiger partial charge in [0.15, 0.2) is 0 Å². The highest BCUT2D eigenvalue weighted by Gasteiger charge is 2.45. The maximum atomic E-state index is 9.00. The van der Waals surface area contributed by atoms with Gasteiger partial charge >= 0.3 is 0 Å². The minimum absolute atomic E-state index is 0.833. The molecule has 0 saturated heterocycles. The van der Waals surface area contributed by atoms with Crippen molar-refractivity contribution in [1.82, 2.24) is 0 Å². The number of rotatable bonds is 6. The molecule has 0 heterocycles. The summed E-state index contributed by atoms with van der Waals surface area (Å²) in [5.41, 5.74) is 2.52. The lowest BCUT2D eigenvalue weighted by Gasteiger charge is -2.27. The van der Waals surface area contributed by atoms with Gasteiger partial charge in [-0.15, -0.1) is 0 Å². The Bertz CT molecular complexity index is 1020. The standard InChI is InChI=1S/C27H24P.C2H4O2/c1-2-23-18-20-24(21-19-23)22-28(25-12-6-3-7-13-25,26-14-8-4-9-15-26)27-16-10-5-11-17-27;1-2(3)4/h2-21H,1,22H2;1H3,(H,3,4)/q+1;. The minimum atomic E-state index is -1.82.